The van der Waals surface area contributed by atoms with Gasteiger partial charge in [0.15, 0.2) is 5.69 Å². The fourth-order valence-electron chi connectivity index (χ4n) is 2.89. The van der Waals surface area contributed by atoms with Gasteiger partial charge in [0.25, 0.3) is 11.5 Å². The average molecular weight is 506 g/mol. The van der Waals surface area contributed by atoms with Crippen LogP contribution >= 0.6 is 22.6 Å². The van der Waals surface area contributed by atoms with Crippen molar-refractivity contribution in [2.45, 2.75) is 0 Å². The number of non-ortho nitro benzene ring substituents is 1. The zero-order valence-electron chi connectivity index (χ0n) is 14.3. The van der Waals surface area contributed by atoms with Gasteiger partial charge in [0.2, 0.25) is 0 Å². The second-order valence-corrected chi connectivity index (χ2v) is 7.09. The van der Waals surface area contributed by atoms with Crippen molar-refractivity contribution in [3.63, 3.8) is 0 Å². The molecule has 3 aromatic rings. The largest absolute Gasteiger partial charge is 1.00 e. The van der Waals surface area contributed by atoms with E-state index in [1.807, 2.05) is 24.3 Å². The van der Waals surface area contributed by atoms with Crippen LogP contribution in [0.2, 0.25) is 0 Å². The monoisotopic (exact) mass is 505 g/mol. The molecule has 1 aliphatic heterocycles. The molecule has 1 N–H and O–H groups in total. The van der Waals surface area contributed by atoms with Gasteiger partial charge in [-0.2, -0.15) is 0 Å². The highest BCUT2D eigenvalue weighted by Gasteiger charge is 2.30. The fourth-order valence-corrected chi connectivity index (χ4v) is 3.25. The lowest BCUT2D eigenvalue weighted by atomic mass is 10.0. The highest BCUT2D eigenvalue weighted by Crippen LogP contribution is 2.27. The molecule has 7 nitrogen and oxygen atoms in total. The SMILES string of the molecule is O=[N+]([O-])c1ccc(C2=NN=N[NH+]2c2ccccc2-c2ccc(I)cc2)cc1.[Cl-]. The maximum absolute atomic E-state index is 10.9. The summed E-state index contributed by atoms with van der Waals surface area (Å²) in [5.74, 6) is 0.600. The average Bonchev–Trinajstić information content (AvgIpc) is 3.18. The molecule has 0 aliphatic carbocycles. The Labute approximate surface area is 180 Å². The van der Waals surface area contributed by atoms with Gasteiger partial charge in [-0.25, -0.2) is 0 Å². The molecule has 1 unspecified atom stereocenters. The number of para-hydroxylation sites is 1. The molecule has 0 aromatic heterocycles. The molecule has 0 fully saturated rings. The Morgan fingerprint density at radius 3 is 2.21 bits per heavy atom. The number of benzene rings is 3. The van der Waals surface area contributed by atoms with Crippen LogP contribution in [0, 0.1) is 13.7 Å². The number of quaternary nitrogens is 1. The van der Waals surface area contributed by atoms with E-state index in [9.17, 15) is 10.1 Å². The van der Waals surface area contributed by atoms with Crippen LogP contribution in [0.4, 0.5) is 11.4 Å². The van der Waals surface area contributed by atoms with E-state index in [0.717, 1.165) is 25.9 Å². The zero-order chi connectivity index (χ0) is 18.8. The summed E-state index contributed by atoms with van der Waals surface area (Å²) >= 11 is 2.27. The van der Waals surface area contributed by atoms with Crippen LogP contribution in [-0.4, -0.2) is 10.8 Å². The van der Waals surface area contributed by atoms with Crippen molar-refractivity contribution >= 4 is 39.8 Å². The number of nitro benzene ring substituents is 1. The summed E-state index contributed by atoms with van der Waals surface area (Å²) < 4.78 is 1.16. The Hall–Kier alpha value is -2.69. The first-order valence-electron chi connectivity index (χ1n) is 8.10. The third kappa shape index (κ3) is 3.93. The minimum Gasteiger partial charge on any atom is -1.00 e. The Kier molecular flexibility index (Phi) is 6.12. The van der Waals surface area contributed by atoms with E-state index in [4.69, 9.17) is 0 Å². The molecular formula is C19H13ClIN5O2. The summed E-state index contributed by atoms with van der Waals surface area (Å²) in [5.41, 5.74) is 3.78. The van der Waals surface area contributed by atoms with E-state index >= 15 is 0 Å². The normalized spacial score (nSPS) is 15.0. The predicted molar refractivity (Wildman–Crippen MR) is 110 cm³/mol. The smallest absolute Gasteiger partial charge is 0.287 e. The molecule has 4 rings (SSSR count). The quantitative estimate of drug-likeness (QED) is 0.328. The highest BCUT2D eigenvalue weighted by atomic mass is 127. The first-order chi connectivity index (χ1) is 13.1. The molecule has 0 saturated heterocycles. The van der Waals surface area contributed by atoms with Gasteiger partial charge in [0, 0.05) is 32.6 Å². The summed E-state index contributed by atoms with van der Waals surface area (Å²) in [4.78, 5) is 10.5. The molecule has 1 aliphatic rings. The minimum atomic E-state index is -0.425. The van der Waals surface area contributed by atoms with Crippen molar-refractivity contribution in [3.05, 3.63) is 92.0 Å². The Morgan fingerprint density at radius 1 is 0.893 bits per heavy atom. The van der Waals surface area contributed by atoms with Gasteiger partial charge in [-0.05, 0) is 58.5 Å². The van der Waals surface area contributed by atoms with Crippen LogP contribution in [0.3, 0.4) is 0 Å². The minimum absolute atomic E-state index is 0. The van der Waals surface area contributed by atoms with E-state index in [1.165, 1.54) is 12.1 Å². The van der Waals surface area contributed by atoms with E-state index in [-0.39, 0.29) is 18.1 Å². The lowest BCUT2D eigenvalue weighted by Crippen LogP contribution is -3.04. The molecule has 0 radical (unpaired) electrons. The molecule has 0 spiro atoms. The Bertz CT molecular complexity index is 1070. The summed E-state index contributed by atoms with van der Waals surface area (Å²) in [6.07, 6.45) is 0. The van der Waals surface area contributed by atoms with Gasteiger partial charge in [0.1, 0.15) is 0 Å². The van der Waals surface area contributed by atoms with E-state index < -0.39 is 4.92 Å². The number of nitrogens with zero attached hydrogens (tertiary/aromatic N) is 4. The van der Waals surface area contributed by atoms with Crippen molar-refractivity contribution < 1.29 is 22.3 Å². The molecule has 0 bridgehead atoms. The van der Waals surface area contributed by atoms with Crippen LogP contribution in [0.15, 0.2) is 88.3 Å². The van der Waals surface area contributed by atoms with Crippen molar-refractivity contribution in [2.75, 3.05) is 0 Å². The molecular weight excluding hydrogens is 493 g/mol. The van der Waals surface area contributed by atoms with Crippen LogP contribution in [-0.2, 0) is 0 Å². The number of halogens is 2. The molecule has 9 heteroatoms. The third-order valence-corrected chi connectivity index (χ3v) is 4.92. The van der Waals surface area contributed by atoms with Gasteiger partial charge in [-0.3, -0.25) is 10.1 Å². The number of amidine groups is 1. The maximum Gasteiger partial charge on any atom is 0.287 e. The van der Waals surface area contributed by atoms with Crippen LogP contribution in [0.5, 0.6) is 0 Å². The Balaban J connectivity index is 0.00000225. The second kappa shape index (κ2) is 8.55. The van der Waals surface area contributed by atoms with Crippen molar-refractivity contribution in [1.29, 1.82) is 0 Å². The number of nitro groups is 1. The molecule has 0 amide bonds. The lowest BCUT2D eigenvalue weighted by Gasteiger charge is -2.12. The van der Waals surface area contributed by atoms with E-state index in [1.54, 1.807) is 12.1 Å². The van der Waals surface area contributed by atoms with Crippen LogP contribution < -0.4 is 17.4 Å². The standard InChI is InChI=1S/C19H12IN5O2.ClH/c20-15-9-5-13(6-10-15)17-3-1-2-4-18(17)24-19(21-22-23-24)14-7-11-16(12-8-14)25(26)27;/h1-12H;1H. The topological polar surface area (TPSA) is 84.7 Å². The van der Waals surface area contributed by atoms with Gasteiger partial charge in [-0.15, -0.1) is 5.01 Å². The molecule has 28 heavy (non-hydrogen) atoms. The summed E-state index contributed by atoms with van der Waals surface area (Å²) in [5, 5.41) is 23.8. The van der Waals surface area contributed by atoms with Crippen molar-refractivity contribution in [2.24, 2.45) is 15.5 Å². The molecule has 1 atom stereocenters. The van der Waals surface area contributed by atoms with Gasteiger partial charge >= 0.3 is 0 Å². The summed E-state index contributed by atoms with van der Waals surface area (Å²) in [7, 11) is 0. The molecule has 0 saturated carbocycles. The number of rotatable bonds is 4. The van der Waals surface area contributed by atoms with Gasteiger partial charge < -0.3 is 12.4 Å². The van der Waals surface area contributed by atoms with Crippen LogP contribution in [0.25, 0.3) is 11.1 Å². The number of nitrogens with one attached hydrogen (secondary N) is 1. The second-order valence-electron chi connectivity index (χ2n) is 5.84. The van der Waals surface area contributed by atoms with Crippen molar-refractivity contribution in [3.8, 4) is 11.1 Å². The maximum atomic E-state index is 10.9. The van der Waals surface area contributed by atoms with E-state index in [2.05, 4.69) is 62.4 Å². The zero-order valence-corrected chi connectivity index (χ0v) is 17.2. The fraction of sp³-hybridized carbons (Fsp3) is 0. The lowest BCUT2D eigenvalue weighted by molar-refractivity contribution is -0.738. The molecule has 1 heterocycles. The van der Waals surface area contributed by atoms with Gasteiger partial charge in [0.05, 0.1) is 15.7 Å². The van der Waals surface area contributed by atoms with Gasteiger partial charge in [-0.1, -0.05) is 29.4 Å². The summed E-state index contributed by atoms with van der Waals surface area (Å²) in [6, 6.07) is 22.4. The molecule has 140 valence electrons. The van der Waals surface area contributed by atoms with Crippen molar-refractivity contribution in [1.82, 2.24) is 0 Å². The highest BCUT2D eigenvalue weighted by molar-refractivity contribution is 14.1. The number of hydrogen-bond donors (Lipinski definition) is 1. The first kappa shape index (κ1) is 20.1. The van der Waals surface area contributed by atoms with E-state index in [0.29, 0.717) is 10.8 Å². The number of hydrogen-bond acceptors (Lipinski definition) is 5. The molecule has 3 aromatic carbocycles. The van der Waals surface area contributed by atoms with Crippen LogP contribution in [0.1, 0.15) is 5.56 Å². The first-order valence-corrected chi connectivity index (χ1v) is 9.17. The Morgan fingerprint density at radius 2 is 1.54 bits per heavy atom. The predicted octanol–water partition coefficient (Wildman–Crippen LogP) is 1.13. The summed E-state index contributed by atoms with van der Waals surface area (Å²) in [6.45, 7) is 0. The third-order valence-electron chi connectivity index (χ3n) is 4.20.